The Morgan fingerprint density at radius 1 is 0.250 bits per heavy atom. The van der Waals surface area contributed by atoms with Crippen molar-refractivity contribution < 1.29 is 22.0 Å². The molecule has 0 bridgehead atoms. The smallest absolute Gasteiger partial charge is 0.151 e. The zero-order valence-electron chi connectivity index (χ0n) is 51.6. The molecule has 12 rings (SSSR count). The first-order valence-electron chi connectivity index (χ1n) is 28.3. The summed E-state index contributed by atoms with van der Waals surface area (Å²) in [6.45, 7) is 27.7. The summed E-state index contributed by atoms with van der Waals surface area (Å²) in [7, 11) is 0. The Balaban J connectivity index is 0.000000151. The number of nitriles is 5. The minimum atomic E-state index is -0.812. The second-order valence-corrected chi connectivity index (χ2v) is 22.2. The van der Waals surface area contributed by atoms with Crippen molar-refractivity contribution in [1.29, 1.82) is 26.3 Å². The summed E-state index contributed by atoms with van der Waals surface area (Å²) < 4.78 is 67.1. The Labute approximate surface area is 511 Å². The van der Waals surface area contributed by atoms with Crippen LogP contribution in [0.15, 0.2) is 152 Å². The fourth-order valence-electron chi connectivity index (χ4n) is 10.7. The van der Waals surface area contributed by atoms with Crippen LogP contribution in [0.5, 0.6) is 0 Å². The molecular formula is C78H64F5N5. The van der Waals surface area contributed by atoms with E-state index < -0.39 is 28.8 Å². The van der Waals surface area contributed by atoms with Gasteiger partial charge in [0.25, 0.3) is 0 Å². The zero-order valence-corrected chi connectivity index (χ0v) is 51.6. The maximum atomic E-state index is 13.6. The highest BCUT2D eigenvalue weighted by Gasteiger charge is 2.17. The molecule has 0 aromatic heterocycles. The molecule has 0 amide bonds. The number of fused-ring (bicyclic) bond motifs is 6. The van der Waals surface area contributed by atoms with Crippen molar-refractivity contribution in [2.75, 3.05) is 0 Å². The lowest BCUT2D eigenvalue weighted by Crippen LogP contribution is -2.01. The summed E-state index contributed by atoms with van der Waals surface area (Å²) in [5.41, 5.74) is 17.7. The number of benzene rings is 12. The van der Waals surface area contributed by atoms with Gasteiger partial charge in [-0.1, -0.05) is 119 Å². The third-order valence-electron chi connectivity index (χ3n) is 16.2. The van der Waals surface area contributed by atoms with Crippen LogP contribution in [0.2, 0.25) is 0 Å². The van der Waals surface area contributed by atoms with E-state index in [0.29, 0.717) is 21.7 Å². The van der Waals surface area contributed by atoms with Gasteiger partial charge in [0.15, 0.2) is 5.82 Å². The molecule has 0 saturated carbocycles. The lowest BCUT2D eigenvalue weighted by Gasteiger charge is -2.21. The molecule has 0 aliphatic heterocycles. The minimum absolute atomic E-state index is 0.0985. The summed E-state index contributed by atoms with van der Waals surface area (Å²) in [6, 6.07) is 53.3. The number of rotatable bonds is 0. The van der Waals surface area contributed by atoms with Crippen LogP contribution in [0.3, 0.4) is 0 Å². The molecule has 88 heavy (non-hydrogen) atoms. The van der Waals surface area contributed by atoms with Gasteiger partial charge in [0.1, 0.15) is 47.0 Å². The molecule has 0 fully saturated rings. The molecule has 0 aliphatic rings. The van der Waals surface area contributed by atoms with Gasteiger partial charge in [-0.05, 0) is 243 Å². The maximum absolute atomic E-state index is 13.6. The predicted octanol–water partition coefficient (Wildman–Crippen LogP) is 21.1. The molecular weight excluding hydrogens is 1100 g/mol. The molecule has 12 aromatic carbocycles. The molecule has 0 spiro atoms. The van der Waals surface area contributed by atoms with Gasteiger partial charge in [-0.15, -0.1) is 0 Å². The van der Waals surface area contributed by atoms with E-state index in [0.717, 1.165) is 54.7 Å². The van der Waals surface area contributed by atoms with Gasteiger partial charge in [-0.2, -0.15) is 26.3 Å². The van der Waals surface area contributed by atoms with Gasteiger partial charge in [-0.25, -0.2) is 22.0 Å². The molecule has 0 atom stereocenters. The molecule has 5 nitrogen and oxygen atoms in total. The standard InChI is InChI=1S/C18H24.C12H7F2N.3C12H8FN.C12H9N/c1-9-10(2)14(6)18-16(8)12(4)11(3)15(7)17(18)13(9)5;1-7-2-3-9-8(4-7)5-11(13)10(6-15)12(9)14;1-8-2-5-11-9(6-8)3-4-10(7-14)12(11)13;1-8-4-10-3-2-9(7-14)6-11(10)12(13)5-8;1-8-2-3-9-5-11(7-14)12(13)6-10(9)4-8;1-9-2-4-12-7-10(8-13)3-5-11(12)6-9/h1-8H3;2-5H,1H3;3*2-6H,1H3;2-7H,1H3. The van der Waals surface area contributed by atoms with E-state index in [1.54, 1.807) is 54.6 Å². The van der Waals surface area contributed by atoms with E-state index in [1.807, 2.05) is 107 Å². The van der Waals surface area contributed by atoms with Crippen molar-refractivity contribution >= 4 is 64.6 Å². The Morgan fingerprint density at radius 3 is 1.15 bits per heavy atom. The highest BCUT2D eigenvalue weighted by molar-refractivity contribution is 5.97. The SMILES string of the molecule is Cc1c(C)c(C)c2c(C)c(C)c(C)c(C)c2c1C.Cc1cc(F)c2cc(C#N)ccc2c1.Cc1ccc2c(F)c(C#N)c(F)cc2c1.Cc1ccc2c(F)c(C#N)ccc2c1.Cc1ccc2cc(C#N)c(F)cc2c1.Cc1ccc2cc(C#N)ccc2c1. The largest absolute Gasteiger partial charge is 0.206 e. The molecule has 436 valence electrons. The van der Waals surface area contributed by atoms with Gasteiger partial charge in [0, 0.05) is 16.2 Å². The van der Waals surface area contributed by atoms with E-state index in [1.165, 1.54) is 96.6 Å². The molecule has 0 saturated heterocycles. The first-order chi connectivity index (χ1) is 41.8. The van der Waals surface area contributed by atoms with Gasteiger partial charge in [0.2, 0.25) is 0 Å². The van der Waals surface area contributed by atoms with Crippen molar-refractivity contribution in [1.82, 2.24) is 0 Å². The fraction of sp³-hybridized carbons (Fsp3) is 0.167. The second-order valence-electron chi connectivity index (χ2n) is 22.2. The van der Waals surface area contributed by atoms with Gasteiger partial charge >= 0.3 is 0 Å². The summed E-state index contributed by atoms with van der Waals surface area (Å²) in [5.74, 6) is -2.74. The Bertz CT molecular complexity index is 4820. The molecule has 0 N–H and O–H groups in total. The number of nitrogens with zero attached hydrogens (tertiary/aromatic N) is 5. The first-order valence-corrected chi connectivity index (χ1v) is 28.3. The van der Waals surface area contributed by atoms with E-state index in [-0.39, 0.29) is 22.3 Å². The number of hydrogen-bond acceptors (Lipinski definition) is 5. The van der Waals surface area contributed by atoms with E-state index in [2.05, 4.69) is 80.5 Å². The minimum Gasteiger partial charge on any atom is -0.206 e. The fourth-order valence-corrected chi connectivity index (χ4v) is 10.7. The average molecular weight is 1170 g/mol. The Hall–Kier alpha value is -10.7. The molecule has 0 heterocycles. The normalized spacial score (nSPS) is 10.3. The van der Waals surface area contributed by atoms with Crippen molar-refractivity contribution in [3.05, 3.63) is 281 Å². The van der Waals surface area contributed by atoms with Crippen LogP contribution in [0.4, 0.5) is 22.0 Å². The van der Waals surface area contributed by atoms with Crippen LogP contribution in [-0.2, 0) is 0 Å². The van der Waals surface area contributed by atoms with Crippen molar-refractivity contribution in [3.8, 4) is 30.3 Å². The molecule has 0 radical (unpaired) electrons. The molecule has 10 heteroatoms. The Kier molecular flexibility index (Phi) is 20.6. The highest BCUT2D eigenvalue weighted by Crippen LogP contribution is 2.37. The maximum Gasteiger partial charge on any atom is 0.151 e. The van der Waals surface area contributed by atoms with E-state index in [4.69, 9.17) is 26.3 Å². The zero-order chi connectivity index (χ0) is 64.4. The van der Waals surface area contributed by atoms with Gasteiger partial charge in [0.05, 0.1) is 34.4 Å². The number of aryl methyl sites for hydroxylation is 9. The van der Waals surface area contributed by atoms with Crippen LogP contribution < -0.4 is 0 Å². The number of halogens is 5. The molecule has 12 aromatic rings. The third-order valence-corrected chi connectivity index (χ3v) is 16.2. The Morgan fingerprint density at radius 2 is 0.636 bits per heavy atom. The van der Waals surface area contributed by atoms with Crippen LogP contribution in [0, 0.1) is 176 Å². The van der Waals surface area contributed by atoms with Crippen LogP contribution in [0.25, 0.3) is 64.6 Å². The van der Waals surface area contributed by atoms with Crippen LogP contribution in [0.1, 0.15) is 100 Å². The van der Waals surface area contributed by atoms with Crippen molar-refractivity contribution in [2.24, 2.45) is 0 Å². The van der Waals surface area contributed by atoms with Crippen molar-refractivity contribution in [2.45, 2.75) is 90.0 Å². The predicted molar refractivity (Wildman–Crippen MR) is 349 cm³/mol. The average Bonchev–Trinajstić information content (AvgIpc) is 1.31. The van der Waals surface area contributed by atoms with Crippen molar-refractivity contribution in [3.63, 3.8) is 0 Å². The first kappa shape index (κ1) is 64.9. The van der Waals surface area contributed by atoms with Gasteiger partial charge in [-0.3, -0.25) is 0 Å². The topological polar surface area (TPSA) is 119 Å². The van der Waals surface area contributed by atoms with Crippen LogP contribution in [-0.4, -0.2) is 0 Å². The third kappa shape index (κ3) is 14.3. The summed E-state index contributed by atoms with van der Waals surface area (Å²) in [4.78, 5) is 0. The monoisotopic (exact) mass is 1170 g/mol. The quantitative estimate of drug-likeness (QED) is 0.140. The van der Waals surface area contributed by atoms with Gasteiger partial charge < -0.3 is 0 Å². The lowest BCUT2D eigenvalue weighted by atomic mass is 9.83. The molecule has 0 unspecified atom stereocenters. The van der Waals surface area contributed by atoms with E-state index >= 15 is 0 Å². The molecule has 0 aliphatic carbocycles. The number of hydrogen-bond donors (Lipinski definition) is 0. The summed E-state index contributed by atoms with van der Waals surface area (Å²) in [5, 5.41) is 53.7. The van der Waals surface area contributed by atoms with E-state index in [9.17, 15) is 22.0 Å². The summed E-state index contributed by atoms with van der Waals surface area (Å²) >= 11 is 0. The summed E-state index contributed by atoms with van der Waals surface area (Å²) in [6.07, 6.45) is 0. The van der Waals surface area contributed by atoms with Crippen LogP contribution >= 0.6 is 0 Å². The second kappa shape index (κ2) is 28.0. The lowest BCUT2D eigenvalue weighted by molar-refractivity contribution is 0.585. The highest BCUT2D eigenvalue weighted by atomic mass is 19.1.